The minimum atomic E-state index is 0.387. The molecule has 0 saturated heterocycles. The van der Waals surface area contributed by atoms with Crippen molar-refractivity contribution in [2.45, 2.75) is 38.8 Å². The van der Waals surface area contributed by atoms with E-state index >= 15 is 0 Å². The molecule has 19 heavy (non-hydrogen) atoms. The first-order valence-electron chi connectivity index (χ1n) is 6.72. The molecule has 0 spiro atoms. The van der Waals surface area contributed by atoms with Crippen LogP contribution in [0.1, 0.15) is 31.0 Å². The highest BCUT2D eigenvalue weighted by Gasteiger charge is 2.29. The van der Waals surface area contributed by atoms with Crippen LogP contribution in [0.25, 0.3) is 0 Å². The molecule has 1 unspecified atom stereocenters. The number of rotatable bonds is 6. The Morgan fingerprint density at radius 1 is 1.58 bits per heavy atom. The Labute approximate surface area is 120 Å². The van der Waals surface area contributed by atoms with Crippen molar-refractivity contribution in [1.82, 2.24) is 9.88 Å². The predicted octanol–water partition coefficient (Wildman–Crippen LogP) is 1.92. The van der Waals surface area contributed by atoms with Gasteiger partial charge in [-0.3, -0.25) is 4.90 Å². The number of likely N-dealkylation sites (N-methyl/N-ethyl adjacent to an activating group) is 1. The van der Waals surface area contributed by atoms with Gasteiger partial charge in [0.2, 0.25) is 0 Å². The van der Waals surface area contributed by atoms with Gasteiger partial charge in [-0.25, -0.2) is 4.98 Å². The third-order valence-corrected chi connectivity index (χ3v) is 3.90. The number of hydrogen-bond acceptors (Lipinski definition) is 4. The molecule has 0 bridgehead atoms. The molecule has 0 aromatic carbocycles. The first-order chi connectivity index (χ1) is 8.99. The van der Waals surface area contributed by atoms with Crippen molar-refractivity contribution in [2.24, 2.45) is 5.73 Å². The Morgan fingerprint density at radius 2 is 2.26 bits per heavy atom. The fourth-order valence-electron chi connectivity index (χ4n) is 2.12. The van der Waals surface area contributed by atoms with Gasteiger partial charge in [0.15, 0.2) is 0 Å². The lowest BCUT2D eigenvalue weighted by Gasteiger charge is -2.25. The van der Waals surface area contributed by atoms with E-state index in [-0.39, 0.29) is 0 Å². The summed E-state index contributed by atoms with van der Waals surface area (Å²) in [5.41, 5.74) is 7.51. The van der Waals surface area contributed by atoms with E-state index in [0.717, 1.165) is 29.7 Å². The summed E-state index contributed by atoms with van der Waals surface area (Å²) >= 11 is 5.06. The Balaban J connectivity index is 2.01. The number of hydrogen-bond donors (Lipinski definition) is 2. The quantitative estimate of drug-likeness (QED) is 0.779. The lowest BCUT2D eigenvalue weighted by molar-refractivity contribution is 0.257. The monoisotopic (exact) mass is 278 g/mol. The summed E-state index contributed by atoms with van der Waals surface area (Å²) in [5.74, 6) is 0.795. The summed E-state index contributed by atoms with van der Waals surface area (Å²) < 4.78 is 0. The number of nitrogens with zero attached hydrogens (tertiary/aromatic N) is 2. The molecule has 1 fully saturated rings. The van der Waals surface area contributed by atoms with E-state index in [1.807, 2.05) is 19.1 Å². The van der Waals surface area contributed by atoms with Gasteiger partial charge in [-0.1, -0.05) is 12.2 Å². The molecule has 0 amide bonds. The van der Waals surface area contributed by atoms with Crippen LogP contribution in [0.5, 0.6) is 0 Å². The molecule has 4 nitrogen and oxygen atoms in total. The number of aryl methyl sites for hydroxylation is 1. The maximum Gasteiger partial charge on any atom is 0.136 e. The highest BCUT2D eigenvalue weighted by Crippen LogP contribution is 2.27. The van der Waals surface area contributed by atoms with Crippen LogP contribution in [0.3, 0.4) is 0 Å². The summed E-state index contributed by atoms with van der Waals surface area (Å²) in [5, 5.41) is 3.38. The second kappa shape index (κ2) is 5.84. The van der Waals surface area contributed by atoms with E-state index in [2.05, 4.69) is 29.2 Å². The molecular weight excluding hydrogens is 256 g/mol. The van der Waals surface area contributed by atoms with Crippen LogP contribution < -0.4 is 11.1 Å². The van der Waals surface area contributed by atoms with E-state index in [0.29, 0.717) is 11.0 Å². The average Bonchev–Trinajstić information content (AvgIpc) is 3.18. The molecule has 0 aliphatic heterocycles. The van der Waals surface area contributed by atoms with E-state index < -0.39 is 0 Å². The topological polar surface area (TPSA) is 54.2 Å². The summed E-state index contributed by atoms with van der Waals surface area (Å²) in [6.07, 6.45) is 2.64. The van der Waals surface area contributed by atoms with Gasteiger partial charge in [-0.05, 0) is 45.9 Å². The van der Waals surface area contributed by atoms with Crippen molar-refractivity contribution in [1.29, 1.82) is 0 Å². The number of thiocarbonyl (C=S) groups is 1. The third kappa shape index (κ3) is 3.64. The van der Waals surface area contributed by atoms with Gasteiger partial charge in [0.25, 0.3) is 0 Å². The highest BCUT2D eigenvalue weighted by molar-refractivity contribution is 7.80. The molecule has 1 aliphatic rings. The average molecular weight is 278 g/mol. The van der Waals surface area contributed by atoms with E-state index in [4.69, 9.17) is 18.0 Å². The summed E-state index contributed by atoms with van der Waals surface area (Å²) in [6, 6.07) is 5.09. The van der Waals surface area contributed by atoms with Gasteiger partial charge in [-0.15, -0.1) is 0 Å². The number of anilines is 1. The Hall–Kier alpha value is -1.20. The molecule has 0 radical (unpaired) electrons. The van der Waals surface area contributed by atoms with Gasteiger partial charge in [0.1, 0.15) is 10.8 Å². The fraction of sp³-hybridized carbons (Fsp3) is 0.571. The zero-order valence-corrected chi connectivity index (χ0v) is 12.6. The zero-order chi connectivity index (χ0) is 14.0. The zero-order valence-electron chi connectivity index (χ0n) is 11.8. The number of aromatic nitrogens is 1. The van der Waals surface area contributed by atoms with Crippen LogP contribution >= 0.6 is 12.2 Å². The molecule has 104 valence electrons. The standard InChI is InChI=1S/C14H22N4S/c1-9-4-7-12(13(15)19)14(17-9)16-8-10(2)18(3)11-5-6-11/h4,7,10-11H,5-6,8H2,1-3H3,(H2,15,19)(H,16,17). The maximum atomic E-state index is 5.73. The van der Waals surface area contributed by atoms with Crippen LogP contribution in [0.4, 0.5) is 5.82 Å². The van der Waals surface area contributed by atoms with Gasteiger partial charge in [0.05, 0.1) is 5.56 Å². The molecule has 1 aromatic rings. The smallest absolute Gasteiger partial charge is 0.136 e. The molecule has 2 rings (SSSR count). The maximum absolute atomic E-state index is 5.73. The van der Waals surface area contributed by atoms with Crippen LogP contribution in [0.15, 0.2) is 12.1 Å². The normalized spacial score (nSPS) is 16.4. The largest absolute Gasteiger partial charge is 0.389 e. The van der Waals surface area contributed by atoms with Crippen molar-refractivity contribution >= 4 is 23.0 Å². The summed E-state index contributed by atoms with van der Waals surface area (Å²) in [4.78, 5) is 7.30. The van der Waals surface area contributed by atoms with Crippen LogP contribution in [0, 0.1) is 6.92 Å². The molecular formula is C14H22N4S. The molecule has 1 aromatic heterocycles. The number of nitrogens with two attached hydrogens (primary N) is 1. The van der Waals surface area contributed by atoms with Gasteiger partial charge in [0, 0.05) is 24.3 Å². The molecule has 3 N–H and O–H groups in total. The van der Waals surface area contributed by atoms with Gasteiger partial charge in [-0.2, -0.15) is 0 Å². The molecule has 1 aliphatic carbocycles. The van der Waals surface area contributed by atoms with Crippen molar-refractivity contribution < 1.29 is 0 Å². The lowest BCUT2D eigenvalue weighted by Crippen LogP contribution is -2.36. The number of pyridine rings is 1. The first-order valence-corrected chi connectivity index (χ1v) is 7.13. The van der Waals surface area contributed by atoms with Gasteiger partial charge >= 0.3 is 0 Å². The third-order valence-electron chi connectivity index (χ3n) is 3.68. The second-order valence-corrected chi connectivity index (χ2v) is 5.78. The Morgan fingerprint density at radius 3 is 2.84 bits per heavy atom. The lowest BCUT2D eigenvalue weighted by atomic mass is 10.2. The minimum Gasteiger partial charge on any atom is -0.389 e. The molecule has 5 heteroatoms. The minimum absolute atomic E-state index is 0.387. The van der Waals surface area contributed by atoms with E-state index in [9.17, 15) is 0 Å². The second-order valence-electron chi connectivity index (χ2n) is 5.34. The van der Waals surface area contributed by atoms with Crippen molar-refractivity contribution in [3.8, 4) is 0 Å². The summed E-state index contributed by atoms with van der Waals surface area (Å²) in [6.45, 7) is 5.04. The number of nitrogens with one attached hydrogen (secondary N) is 1. The Bertz CT molecular complexity index is 471. The molecule has 1 atom stereocenters. The molecule has 1 heterocycles. The van der Waals surface area contributed by atoms with E-state index in [1.54, 1.807) is 0 Å². The van der Waals surface area contributed by atoms with E-state index in [1.165, 1.54) is 12.8 Å². The predicted molar refractivity (Wildman–Crippen MR) is 83.6 cm³/mol. The summed E-state index contributed by atoms with van der Waals surface area (Å²) in [7, 11) is 2.18. The van der Waals surface area contributed by atoms with Crippen molar-refractivity contribution in [3.05, 3.63) is 23.4 Å². The highest BCUT2D eigenvalue weighted by atomic mass is 32.1. The van der Waals surface area contributed by atoms with Gasteiger partial charge < -0.3 is 11.1 Å². The van der Waals surface area contributed by atoms with Crippen molar-refractivity contribution in [2.75, 3.05) is 18.9 Å². The molecule has 1 saturated carbocycles. The SMILES string of the molecule is Cc1ccc(C(N)=S)c(NCC(C)N(C)C2CC2)n1. The van der Waals surface area contributed by atoms with Crippen LogP contribution in [0.2, 0.25) is 0 Å². The Kier molecular flexibility index (Phi) is 4.37. The van der Waals surface area contributed by atoms with Crippen LogP contribution in [-0.4, -0.2) is 40.5 Å². The first kappa shape index (κ1) is 14.2. The fourth-order valence-corrected chi connectivity index (χ4v) is 2.29. The van der Waals surface area contributed by atoms with Crippen LogP contribution in [-0.2, 0) is 0 Å². The van der Waals surface area contributed by atoms with Crippen molar-refractivity contribution in [3.63, 3.8) is 0 Å².